The van der Waals surface area contributed by atoms with Crippen LogP contribution in [0.25, 0.3) is 21.5 Å². The number of carboxylic acid groups (broad SMARTS) is 1. The van der Waals surface area contributed by atoms with Crippen LogP contribution < -0.4 is 4.90 Å². The third kappa shape index (κ3) is 11.8. The zero-order chi connectivity index (χ0) is 53.4. The number of ether oxygens (including phenoxy) is 2. The van der Waals surface area contributed by atoms with Gasteiger partial charge in [-0.15, -0.1) is 0 Å². The largest absolute Gasteiger partial charge is 0.744 e. The number of anilines is 1. The van der Waals surface area contributed by atoms with Crippen LogP contribution in [0.1, 0.15) is 69.9 Å². The van der Waals surface area contributed by atoms with Crippen molar-refractivity contribution >= 4 is 95.2 Å². The average molecular weight is 1100 g/mol. The molecule has 2 atom stereocenters. The Morgan fingerprint density at radius 3 is 1.72 bits per heavy atom. The summed E-state index contributed by atoms with van der Waals surface area (Å²) < 4.78 is 196. The van der Waals surface area contributed by atoms with E-state index in [2.05, 4.69) is 0 Å². The van der Waals surface area contributed by atoms with Gasteiger partial charge in [-0.1, -0.05) is 30.7 Å². The Morgan fingerprint density at radius 1 is 0.667 bits per heavy atom. The number of carbonyl (C=O) groups is 1. The minimum atomic E-state index is -5.37. The highest BCUT2D eigenvalue weighted by atomic mass is 32.2. The lowest BCUT2D eigenvalue weighted by Gasteiger charge is -2.31. The molecule has 0 saturated heterocycles. The highest BCUT2D eigenvalue weighted by molar-refractivity contribution is 7.87. The van der Waals surface area contributed by atoms with Crippen molar-refractivity contribution in [1.29, 1.82) is 0 Å². The van der Waals surface area contributed by atoms with Crippen LogP contribution in [-0.4, -0.2) is 132 Å². The average Bonchev–Trinajstić information content (AvgIpc) is 3.65. The van der Waals surface area contributed by atoms with E-state index >= 15 is 0 Å². The molecule has 0 aromatic heterocycles. The van der Waals surface area contributed by atoms with E-state index in [9.17, 15) is 74.8 Å². The number of fused-ring (bicyclic) bond motifs is 6. The predicted molar refractivity (Wildman–Crippen MR) is 258 cm³/mol. The summed E-state index contributed by atoms with van der Waals surface area (Å²) in [7, 11) is -22.9. The van der Waals surface area contributed by atoms with Crippen molar-refractivity contribution in [2.45, 2.75) is 89.2 Å². The van der Waals surface area contributed by atoms with Crippen LogP contribution in [0.4, 0.5) is 11.4 Å². The fourth-order valence-corrected chi connectivity index (χ4v) is 12.9. The second kappa shape index (κ2) is 21.1. The molecule has 0 saturated carbocycles. The van der Waals surface area contributed by atoms with Gasteiger partial charge in [-0.2, -0.15) is 13.0 Å². The summed E-state index contributed by atoms with van der Waals surface area (Å²) in [5.74, 6) is -1.64. The second-order valence-corrected chi connectivity index (χ2v) is 24.8. The van der Waals surface area contributed by atoms with Crippen LogP contribution in [0.3, 0.4) is 0 Å². The van der Waals surface area contributed by atoms with Gasteiger partial charge in [0.1, 0.15) is 47.0 Å². The van der Waals surface area contributed by atoms with Crippen LogP contribution in [0.5, 0.6) is 0 Å². The Kier molecular flexibility index (Phi) is 16.5. The summed E-state index contributed by atoms with van der Waals surface area (Å²) in [4.78, 5) is 9.41. The number of hydrogen-bond donors (Lipinski definition) is 2. The van der Waals surface area contributed by atoms with E-state index in [-0.39, 0.29) is 79.1 Å². The molecule has 4 aromatic rings. The Morgan fingerprint density at radius 2 is 1.21 bits per heavy atom. The van der Waals surface area contributed by atoms with Gasteiger partial charge < -0.3 is 37.7 Å². The summed E-state index contributed by atoms with van der Waals surface area (Å²) in [6.07, 6.45) is 9.63. The van der Waals surface area contributed by atoms with Crippen molar-refractivity contribution in [3.8, 4) is 0 Å². The van der Waals surface area contributed by atoms with Crippen molar-refractivity contribution in [2.24, 2.45) is 0 Å². The molecule has 2 aliphatic heterocycles. The minimum Gasteiger partial charge on any atom is -0.744 e. The summed E-state index contributed by atoms with van der Waals surface area (Å²) in [5, 5.41) is 8.89. The van der Waals surface area contributed by atoms with Crippen LogP contribution in [0.15, 0.2) is 104 Å². The van der Waals surface area contributed by atoms with Gasteiger partial charge in [-0.05, 0) is 104 Å². The molecule has 0 amide bonds. The van der Waals surface area contributed by atoms with Gasteiger partial charge >= 0.3 is 5.97 Å². The molecule has 26 heteroatoms. The van der Waals surface area contributed by atoms with Crippen molar-refractivity contribution < 1.29 is 88.8 Å². The van der Waals surface area contributed by atoms with Gasteiger partial charge in [0.25, 0.3) is 10.1 Å². The molecule has 21 nitrogen and oxygen atoms in total. The van der Waals surface area contributed by atoms with E-state index in [1.807, 2.05) is 4.90 Å². The van der Waals surface area contributed by atoms with Crippen molar-refractivity contribution in [3.63, 3.8) is 0 Å². The molecule has 2 heterocycles. The number of benzene rings is 4. The van der Waals surface area contributed by atoms with Crippen LogP contribution in [-0.2, 0) is 75.7 Å². The summed E-state index contributed by atoms with van der Waals surface area (Å²) >= 11 is 0. The van der Waals surface area contributed by atoms with Gasteiger partial charge in [-0.3, -0.25) is 9.35 Å². The van der Waals surface area contributed by atoms with E-state index in [0.29, 0.717) is 59.7 Å². The van der Waals surface area contributed by atoms with Gasteiger partial charge in [0, 0.05) is 86.7 Å². The molecule has 0 spiro atoms. The van der Waals surface area contributed by atoms with Gasteiger partial charge in [0.2, 0.25) is 5.69 Å². The summed E-state index contributed by atoms with van der Waals surface area (Å²) in [6, 6.07) is 8.72. The lowest BCUT2D eigenvalue weighted by molar-refractivity contribution is -0.437. The first kappa shape index (κ1) is 56.3. The molecule has 0 radical (unpaired) electrons. The predicted octanol–water partition coefficient (Wildman–Crippen LogP) is 4.74. The SMILES string of the molecule is COCCC1(C)C(/C=C/C=C/C=C2/N(CCCCCC(=O)O)c3ccc4c(S(=O)(=O)[O-])cc(S(=O)(=O)[O-])cc4c3C2(C)CCOC)=[N+](CCCS(=O)(=O)O)c2ccc3c(S(=O)(=O)[O-])cc(S(=O)(=O)[O-])cc3c21. The van der Waals surface area contributed by atoms with Gasteiger partial charge in [-0.25, -0.2) is 33.7 Å². The van der Waals surface area contributed by atoms with E-state index < -0.39 is 92.7 Å². The summed E-state index contributed by atoms with van der Waals surface area (Å²) in [5.41, 5.74) is 0.116. The molecule has 6 rings (SSSR count). The number of carboxylic acids is 1. The molecule has 2 unspecified atom stereocenters. The maximum atomic E-state index is 12.6. The number of aliphatic carboxylic acids is 1. The molecule has 4 aromatic carbocycles. The fraction of sp³-hybridized carbons (Fsp3) is 0.391. The van der Waals surface area contributed by atoms with E-state index in [4.69, 9.17) is 9.47 Å². The third-order valence-electron chi connectivity index (χ3n) is 13.0. The first-order valence-corrected chi connectivity index (χ1v) is 29.3. The van der Waals surface area contributed by atoms with Crippen LogP contribution >= 0.6 is 0 Å². The molecule has 392 valence electrons. The summed E-state index contributed by atoms with van der Waals surface area (Å²) in [6.45, 7) is 3.89. The number of rotatable bonds is 23. The van der Waals surface area contributed by atoms with E-state index in [1.165, 1.54) is 32.4 Å². The van der Waals surface area contributed by atoms with Gasteiger partial charge in [0.15, 0.2) is 5.71 Å². The Labute approximate surface area is 417 Å². The van der Waals surface area contributed by atoms with Crippen molar-refractivity contribution in [2.75, 3.05) is 51.2 Å². The monoisotopic (exact) mass is 1100 g/mol. The number of allylic oxidation sites excluding steroid dienone is 6. The fourth-order valence-electron chi connectivity index (χ4n) is 9.78. The molecule has 2 aliphatic rings. The molecule has 0 bridgehead atoms. The Bertz CT molecular complexity index is 3550. The highest BCUT2D eigenvalue weighted by Gasteiger charge is 2.49. The molecule has 0 aliphatic carbocycles. The van der Waals surface area contributed by atoms with Crippen LogP contribution in [0.2, 0.25) is 0 Å². The van der Waals surface area contributed by atoms with Crippen molar-refractivity contribution in [3.05, 3.63) is 95.7 Å². The number of nitrogens with zero attached hydrogens (tertiary/aromatic N) is 2. The topological polar surface area (TPSA) is 345 Å². The second-order valence-electron chi connectivity index (χ2n) is 17.7. The zero-order valence-corrected chi connectivity index (χ0v) is 43.3. The molecule has 72 heavy (non-hydrogen) atoms. The van der Waals surface area contributed by atoms with E-state index in [1.54, 1.807) is 54.9 Å². The highest BCUT2D eigenvalue weighted by Crippen LogP contribution is 2.54. The first-order chi connectivity index (χ1) is 33.4. The van der Waals surface area contributed by atoms with E-state index in [0.717, 1.165) is 12.1 Å². The first-order valence-electron chi connectivity index (χ1n) is 22.1. The van der Waals surface area contributed by atoms with Crippen molar-refractivity contribution in [1.82, 2.24) is 0 Å². The van der Waals surface area contributed by atoms with Crippen LogP contribution in [0, 0.1) is 0 Å². The third-order valence-corrected chi connectivity index (χ3v) is 17.2. The quantitative estimate of drug-likeness (QED) is 0.0438. The Balaban J connectivity index is 1.56. The number of unbranched alkanes of at least 4 members (excludes halogenated alkanes) is 2. The Hall–Kier alpha value is -4.97. The smallest absolute Gasteiger partial charge is 0.303 e. The molecular weight excluding hydrogens is 1040 g/mol. The lowest BCUT2D eigenvalue weighted by atomic mass is 9.75. The standard InChI is InChI=1S/C46H54N2O19S5/c1-45(19-23-66-3)40(47(21-10-6-9-14-42(49)50)36-17-15-32-34(43(36)45)26-30(69(54,55)56)28-38(32)71(60,61)62)12-7-5-8-13-41-46(2,20-24-67-4)44-35-27-31(70(57,58)59)29-39(72(63,64)65)33(35)16-18-37(44)48(41)22-11-25-68(51,52)53/h5,7-8,12-13,15-18,26-29H,6,9-11,14,19-25H2,1-4H3,(H5-,49,50,51,52,53,54,55,56,57,58,59,60,61,62,63,64,65)/p-3. The van der Waals surface area contributed by atoms with Gasteiger partial charge in [0.05, 0.1) is 30.7 Å². The molecule has 2 N–H and O–H groups in total. The normalized spacial score (nSPS) is 19.5. The molecule has 0 fully saturated rings. The molecular formula is C46H51N2O19S5-3. The number of hydrogen-bond acceptors (Lipinski definition) is 18. The maximum Gasteiger partial charge on any atom is 0.303 e. The number of methoxy groups -OCH3 is 2. The lowest BCUT2D eigenvalue weighted by Crippen LogP contribution is -2.33. The minimum absolute atomic E-state index is 0.00899. The maximum absolute atomic E-state index is 12.6. The zero-order valence-electron chi connectivity index (χ0n) is 39.3.